The fourth-order valence-electron chi connectivity index (χ4n) is 2.49. The van der Waals surface area contributed by atoms with Gasteiger partial charge in [-0.05, 0) is 71.2 Å². The number of hydrogen-bond donors (Lipinski definition) is 1. The fourth-order valence-corrected chi connectivity index (χ4v) is 2.85. The lowest BCUT2D eigenvalue weighted by Crippen LogP contribution is -2.22. The van der Waals surface area contributed by atoms with Gasteiger partial charge in [-0.25, -0.2) is 0 Å². The molecule has 2 rings (SSSR count). The lowest BCUT2D eigenvalue weighted by atomic mass is 9.99. The van der Waals surface area contributed by atoms with Crippen LogP contribution in [0.1, 0.15) is 62.4 Å². The van der Waals surface area contributed by atoms with Crippen LogP contribution in [-0.2, 0) is 0 Å². The summed E-state index contributed by atoms with van der Waals surface area (Å²) in [6.45, 7) is 8.92. The summed E-state index contributed by atoms with van der Waals surface area (Å²) in [5.74, 6) is 0.591. The zero-order valence-corrected chi connectivity index (χ0v) is 15.4. The molecule has 0 saturated heterocycles. The van der Waals surface area contributed by atoms with Gasteiger partial charge in [0.1, 0.15) is 0 Å². The smallest absolute Gasteiger partial charge is 0.0297 e. The normalized spacial score (nSPS) is 14.2. The van der Waals surface area contributed by atoms with E-state index in [9.17, 15) is 0 Å². The van der Waals surface area contributed by atoms with Gasteiger partial charge in [-0.1, -0.05) is 50.2 Å². The van der Waals surface area contributed by atoms with E-state index >= 15 is 0 Å². The molecule has 2 unspecified atom stereocenters. The van der Waals surface area contributed by atoms with E-state index in [1.165, 1.54) is 20.3 Å². The van der Waals surface area contributed by atoms with Gasteiger partial charge in [-0.2, -0.15) is 0 Å². The molecule has 2 atom stereocenters. The molecule has 2 aromatic rings. The summed E-state index contributed by atoms with van der Waals surface area (Å²) >= 11 is 2.34. The van der Waals surface area contributed by atoms with Crippen LogP contribution in [0, 0.1) is 3.57 Å². The van der Waals surface area contributed by atoms with Gasteiger partial charge < -0.3 is 5.32 Å². The second-order valence-corrected chi connectivity index (χ2v) is 7.23. The molecule has 1 N–H and O–H groups in total. The van der Waals surface area contributed by atoms with Crippen molar-refractivity contribution in [3.8, 4) is 0 Å². The highest BCUT2D eigenvalue weighted by atomic mass is 127. The van der Waals surface area contributed by atoms with Crippen molar-refractivity contribution >= 4 is 22.6 Å². The van der Waals surface area contributed by atoms with Crippen LogP contribution in [0.3, 0.4) is 0 Å². The zero-order valence-electron chi connectivity index (χ0n) is 13.2. The highest BCUT2D eigenvalue weighted by Gasteiger charge is 2.11. The molecule has 0 aromatic heterocycles. The molecular formula is C19H24IN. The second-order valence-electron chi connectivity index (χ2n) is 5.98. The topological polar surface area (TPSA) is 12.0 Å². The first-order chi connectivity index (χ1) is 9.97. The van der Waals surface area contributed by atoms with Crippen LogP contribution in [0.25, 0.3) is 0 Å². The maximum atomic E-state index is 3.68. The van der Waals surface area contributed by atoms with E-state index in [1.54, 1.807) is 0 Å². The maximum absolute atomic E-state index is 3.68. The standard InChI is InChI=1S/C19H24IN/c1-13(2)16-5-7-17(8-6-16)14(3)21-15(4)18-9-11-19(20)12-10-18/h5-15,21H,1-4H3. The molecule has 0 saturated carbocycles. The fraction of sp³-hybridized carbons (Fsp3) is 0.368. The van der Waals surface area contributed by atoms with Crippen LogP contribution < -0.4 is 5.32 Å². The molecule has 0 aliphatic carbocycles. The Balaban J connectivity index is 2.03. The van der Waals surface area contributed by atoms with E-state index in [-0.39, 0.29) is 0 Å². The Kier molecular flexibility index (Phi) is 5.82. The summed E-state index contributed by atoms with van der Waals surface area (Å²) in [6, 6.07) is 18.4. The van der Waals surface area contributed by atoms with E-state index in [2.05, 4.69) is 104 Å². The zero-order chi connectivity index (χ0) is 15.4. The van der Waals surface area contributed by atoms with Crippen LogP contribution in [0.4, 0.5) is 0 Å². The minimum atomic E-state index is 0.348. The SMILES string of the molecule is CC(C)c1ccc(C(C)NC(C)c2ccc(I)cc2)cc1. The summed E-state index contributed by atoms with van der Waals surface area (Å²) in [4.78, 5) is 0. The van der Waals surface area contributed by atoms with Gasteiger partial charge in [0.25, 0.3) is 0 Å². The molecule has 0 aliphatic rings. The Bertz CT molecular complexity index is 557. The van der Waals surface area contributed by atoms with Crippen molar-refractivity contribution in [2.45, 2.75) is 45.7 Å². The third kappa shape index (κ3) is 4.55. The third-order valence-electron chi connectivity index (χ3n) is 3.97. The highest BCUT2D eigenvalue weighted by molar-refractivity contribution is 14.1. The minimum absolute atomic E-state index is 0.348. The van der Waals surface area contributed by atoms with Crippen molar-refractivity contribution in [3.05, 3.63) is 68.8 Å². The molecule has 2 heteroatoms. The van der Waals surface area contributed by atoms with Crippen LogP contribution in [0.2, 0.25) is 0 Å². The summed E-state index contributed by atoms with van der Waals surface area (Å²) < 4.78 is 1.28. The van der Waals surface area contributed by atoms with Crippen molar-refractivity contribution in [3.63, 3.8) is 0 Å². The van der Waals surface area contributed by atoms with Crippen molar-refractivity contribution < 1.29 is 0 Å². The van der Waals surface area contributed by atoms with Gasteiger partial charge in [0.2, 0.25) is 0 Å². The van der Waals surface area contributed by atoms with E-state index in [0.717, 1.165) is 0 Å². The largest absolute Gasteiger partial charge is 0.304 e. The molecular weight excluding hydrogens is 369 g/mol. The van der Waals surface area contributed by atoms with Crippen LogP contribution >= 0.6 is 22.6 Å². The molecule has 0 heterocycles. The Morgan fingerprint density at radius 1 is 0.667 bits per heavy atom. The molecule has 0 spiro atoms. The van der Waals surface area contributed by atoms with Gasteiger partial charge in [-0.15, -0.1) is 0 Å². The second kappa shape index (κ2) is 7.41. The summed E-state index contributed by atoms with van der Waals surface area (Å²) in [7, 11) is 0. The lowest BCUT2D eigenvalue weighted by molar-refractivity contribution is 0.494. The van der Waals surface area contributed by atoms with Crippen molar-refractivity contribution in [2.24, 2.45) is 0 Å². The highest BCUT2D eigenvalue weighted by Crippen LogP contribution is 2.22. The molecule has 0 fully saturated rings. The Hall–Kier alpha value is -0.870. The molecule has 21 heavy (non-hydrogen) atoms. The Morgan fingerprint density at radius 2 is 1.05 bits per heavy atom. The third-order valence-corrected chi connectivity index (χ3v) is 4.69. The van der Waals surface area contributed by atoms with Gasteiger partial charge in [0, 0.05) is 15.7 Å². The van der Waals surface area contributed by atoms with Crippen molar-refractivity contribution in [1.82, 2.24) is 5.32 Å². The minimum Gasteiger partial charge on any atom is -0.304 e. The predicted octanol–water partition coefficient (Wildman–Crippen LogP) is 5.83. The van der Waals surface area contributed by atoms with E-state index in [4.69, 9.17) is 0 Å². The summed E-state index contributed by atoms with van der Waals surface area (Å²) in [6.07, 6.45) is 0. The first kappa shape index (κ1) is 16.5. The van der Waals surface area contributed by atoms with E-state index < -0.39 is 0 Å². The van der Waals surface area contributed by atoms with Crippen LogP contribution in [0.15, 0.2) is 48.5 Å². The first-order valence-corrected chi connectivity index (χ1v) is 8.66. The van der Waals surface area contributed by atoms with Gasteiger partial charge in [0.15, 0.2) is 0 Å². The number of rotatable bonds is 5. The van der Waals surface area contributed by atoms with Crippen LogP contribution in [-0.4, -0.2) is 0 Å². The monoisotopic (exact) mass is 393 g/mol. The number of benzene rings is 2. The average Bonchev–Trinajstić information content (AvgIpc) is 2.47. The molecule has 0 amide bonds. The maximum Gasteiger partial charge on any atom is 0.0297 e. The number of hydrogen-bond acceptors (Lipinski definition) is 1. The van der Waals surface area contributed by atoms with E-state index in [0.29, 0.717) is 18.0 Å². The number of halogens is 1. The van der Waals surface area contributed by atoms with Gasteiger partial charge >= 0.3 is 0 Å². The first-order valence-electron chi connectivity index (χ1n) is 7.58. The molecule has 0 aliphatic heterocycles. The predicted molar refractivity (Wildman–Crippen MR) is 99.7 cm³/mol. The van der Waals surface area contributed by atoms with Crippen molar-refractivity contribution in [2.75, 3.05) is 0 Å². The summed E-state index contributed by atoms with van der Waals surface area (Å²) in [5.41, 5.74) is 4.08. The van der Waals surface area contributed by atoms with Gasteiger partial charge in [-0.3, -0.25) is 0 Å². The van der Waals surface area contributed by atoms with Crippen molar-refractivity contribution in [1.29, 1.82) is 0 Å². The molecule has 1 nitrogen and oxygen atoms in total. The lowest BCUT2D eigenvalue weighted by Gasteiger charge is -2.21. The number of nitrogens with one attached hydrogen (secondary N) is 1. The van der Waals surface area contributed by atoms with Gasteiger partial charge in [0.05, 0.1) is 0 Å². The molecule has 0 radical (unpaired) electrons. The summed E-state index contributed by atoms with van der Waals surface area (Å²) in [5, 5.41) is 3.68. The quantitative estimate of drug-likeness (QED) is 0.631. The Morgan fingerprint density at radius 3 is 1.48 bits per heavy atom. The van der Waals surface area contributed by atoms with E-state index in [1.807, 2.05) is 0 Å². The molecule has 112 valence electrons. The average molecular weight is 393 g/mol. The molecule has 2 aromatic carbocycles. The van der Waals surface area contributed by atoms with Crippen LogP contribution in [0.5, 0.6) is 0 Å². The Labute approximate surface area is 142 Å². The molecule has 0 bridgehead atoms.